The second kappa shape index (κ2) is 5.61. The molecular formula is C17H20N4O3. The minimum Gasteiger partial charge on any atom is -0.504 e. The summed E-state index contributed by atoms with van der Waals surface area (Å²) in [5.41, 5.74) is 6.89. The highest BCUT2D eigenvalue weighted by atomic mass is 16.5. The van der Waals surface area contributed by atoms with E-state index in [4.69, 9.17) is 10.5 Å². The van der Waals surface area contributed by atoms with E-state index in [1.165, 1.54) is 10.9 Å². The maximum atomic E-state index is 12.8. The van der Waals surface area contributed by atoms with E-state index < -0.39 is 5.54 Å². The summed E-state index contributed by atoms with van der Waals surface area (Å²) in [6.45, 7) is 2.21. The molecule has 2 fully saturated rings. The molecule has 0 spiro atoms. The number of para-hydroxylation sites is 1. The number of carbonyl (C=O) groups excluding carboxylic acids is 1. The minimum atomic E-state index is -0.397. The zero-order valence-electron chi connectivity index (χ0n) is 13.3. The lowest BCUT2D eigenvalue weighted by atomic mass is 9.84. The third-order valence-corrected chi connectivity index (χ3v) is 4.98. The van der Waals surface area contributed by atoms with Crippen LogP contribution in [0.15, 0.2) is 36.5 Å². The van der Waals surface area contributed by atoms with Crippen molar-refractivity contribution in [3.63, 3.8) is 0 Å². The van der Waals surface area contributed by atoms with Crippen LogP contribution < -0.4 is 5.73 Å². The number of rotatable bonds is 2. The van der Waals surface area contributed by atoms with Crippen LogP contribution in [0.1, 0.15) is 16.9 Å². The third-order valence-electron chi connectivity index (χ3n) is 4.98. The number of carbonyl (C=O) groups is 1. The van der Waals surface area contributed by atoms with Gasteiger partial charge in [-0.15, -0.1) is 0 Å². The number of ether oxygens (including phenoxy) is 1. The summed E-state index contributed by atoms with van der Waals surface area (Å²) < 4.78 is 6.99. The van der Waals surface area contributed by atoms with Crippen LogP contribution in [0.5, 0.6) is 5.75 Å². The fourth-order valence-electron chi connectivity index (χ4n) is 3.52. The van der Waals surface area contributed by atoms with Gasteiger partial charge in [0, 0.05) is 31.2 Å². The number of benzene rings is 1. The van der Waals surface area contributed by atoms with Gasteiger partial charge in [-0.1, -0.05) is 18.2 Å². The Labute approximate surface area is 139 Å². The Morgan fingerprint density at radius 3 is 2.92 bits per heavy atom. The van der Waals surface area contributed by atoms with Gasteiger partial charge >= 0.3 is 0 Å². The molecule has 0 radical (unpaired) electrons. The minimum absolute atomic E-state index is 0.0574. The number of aromatic nitrogens is 2. The van der Waals surface area contributed by atoms with Gasteiger partial charge in [0.15, 0.2) is 11.4 Å². The van der Waals surface area contributed by atoms with Gasteiger partial charge in [-0.25, -0.2) is 4.68 Å². The highest BCUT2D eigenvalue weighted by Gasteiger charge is 2.47. The van der Waals surface area contributed by atoms with Crippen LogP contribution in [0.4, 0.5) is 0 Å². The molecule has 2 aromatic rings. The number of hydrogen-bond donors (Lipinski definition) is 2. The number of nitrogens with zero attached hydrogens (tertiary/aromatic N) is 3. The van der Waals surface area contributed by atoms with Crippen molar-refractivity contribution in [3.8, 4) is 11.4 Å². The van der Waals surface area contributed by atoms with Crippen LogP contribution in [0.25, 0.3) is 5.69 Å². The summed E-state index contributed by atoms with van der Waals surface area (Å²) in [6.07, 6.45) is 2.19. The molecule has 7 heteroatoms. The van der Waals surface area contributed by atoms with Crippen molar-refractivity contribution in [2.75, 3.05) is 26.3 Å². The van der Waals surface area contributed by atoms with Gasteiger partial charge in [0.1, 0.15) is 0 Å². The van der Waals surface area contributed by atoms with Crippen LogP contribution in [0, 0.1) is 5.92 Å². The first kappa shape index (κ1) is 15.2. The van der Waals surface area contributed by atoms with Gasteiger partial charge in [0.05, 0.1) is 18.5 Å². The molecule has 2 aliphatic heterocycles. The molecule has 2 atom stereocenters. The molecule has 2 saturated heterocycles. The van der Waals surface area contributed by atoms with Crippen LogP contribution in [-0.2, 0) is 4.74 Å². The van der Waals surface area contributed by atoms with Crippen molar-refractivity contribution in [2.45, 2.75) is 12.0 Å². The van der Waals surface area contributed by atoms with E-state index in [1.54, 1.807) is 4.90 Å². The Hall–Kier alpha value is -2.38. The molecule has 24 heavy (non-hydrogen) atoms. The predicted molar refractivity (Wildman–Crippen MR) is 87.0 cm³/mol. The van der Waals surface area contributed by atoms with Crippen LogP contribution >= 0.6 is 0 Å². The average Bonchev–Trinajstić information content (AvgIpc) is 3.15. The largest absolute Gasteiger partial charge is 0.504 e. The van der Waals surface area contributed by atoms with E-state index in [2.05, 4.69) is 5.10 Å². The van der Waals surface area contributed by atoms with E-state index in [1.807, 2.05) is 30.3 Å². The Morgan fingerprint density at radius 2 is 2.17 bits per heavy atom. The number of hydrogen-bond acceptors (Lipinski definition) is 5. The molecule has 2 aliphatic rings. The monoisotopic (exact) mass is 328 g/mol. The molecule has 1 aromatic carbocycles. The Kier molecular flexibility index (Phi) is 3.54. The van der Waals surface area contributed by atoms with Crippen molar-refractivity contribution in [2.24, 2.45) is 11.7 Å². The average molecular weight is 328 g/mol. The summed E-state index contributed by atoms with van der Waals surface area (Å²) in [5.74, 6) is -0.281. The van der Waals surface area contributed by atoms with Crippen molar-refractivity contribution in [3.05, 3.63) is 42.2 Å². The number of nitrogens with two attached hydrogens (primary N) is 1. The zero-order chi connectivity index (χ0) is 16.7. The lowest BCUT2D eigenvalue weighted by molar-refractivity contribution is 0.0241. The third kappa shape index (κ3) is 2.46. The van der Waals surface area contributed by atoms with Crippen molar-refractivity contribution in [1.29, 1.82) is 0 Å². The number of fused-ring (bicyclic) bond motifs is 1. The van der Waals surface area contributed by atoms with E-state index in [0.717, 1.165) is 12.1 Å². The number of likely N-dealkylation sites (tertiary alicyclic amines) is 1. The topological polar surface area (TPSA) is 93.6 Å². The van der Waals surface area contributed by atoms with E-state index in [0.29, 0.717) is 26.3 Å². The molecule has 3 N–H and O–H groups in total. The summed E-state index contributed by atoms with van der Waals surface area (Å²) >= 11 is 0. The van der Waals surface area contributed by atoms with E-state index in [9.17, 15) is 9.90 Å². The van der Waals surface area contributed by atoms with Crippen molar-refractivity contribution >= 4 is 5.91 Å². The molecule has 4 rings (SSSR count). The zero-order valence-corrected chi connectivity index (χ0v) is 13.3. The SMILES string of the molecule is N[C@@]12CCOC[C@@H]1CN(C(=O)c1nn(-c3ccccc3)cc1O)C2. The lowest BCUT2D eigenvalue weighted by Crippen LogP contribution is -2.52. The fourth-order valence-corrected chi connectivity index (χ4v) is 3.52. The molecule has 1 aromatic heterocycles. The normalized spacial score (nSPS) is 26.4. The quantitative estimate of drug-likeness (QED) is 0.849. The van der Waals surface area contributed by atoms with Crippen LogP contribution in [-0.4, -0.2) is 57.5 Å². The standard InChI is InChI=1S/C17H20N4O3/c18-17-6-7-24-10-12(17)8-20(11-17)16(23)15-14(22)9-21(19-15)13-4-2-1-3-5-13/h1-5,9,12,22H,6-8,10-11,18H2/t12-,17+/m0/s1. The molecule has 7 nitrogen and oxygen atoms in total. The Bertz CT molecular complexity index is 760. The van der Waals surface area contributed by atoms with Gasteiger partial charge in [-0.05, 0) is 18.6 Å². The molecular weight excluding hydrogens is 308 g/mol. The van der Waals surface area contributed by atoms with E-state index in [-0.39, 0.29) is 23.3 Å². The fraction of sp³-hybridized carbons (Fsp3) is 0.412. The second-order valence-electron chi connectivity index (χ2n) is 6.58. The summed E-state index contributed by atoms with van der Waals surface area (Å²) in [6, 6.07) is 9.36. The van der Waals surface area contributed by atoms with Crippen molar-refractivity contribution < 1.29 is 14.6 Å². The second-order valence-corrected chi connectivity index (χ2v) is 6.58. The highest BCUT2D eigenvalue weighted by molar-refractivity contribution is 5.95. The van der Waals surface area contributed by atoms with E-state index >= 15 is 0 Å². The van der Waals surface area contributed by atoms with Gasteiger partial charge in [0.25, 0.3) is 5.91 Å². The summed E-state index contributed by atoms with van der Waals surface area (Å²) in [5, 5.41) is 14.4. The smallest absolute Gasteiger partial charge is 0.278 e. The number of aromatic hydroxyl groups is 1. The summed E-state index contributed by atoms with van der Waals surface area (Å²) in [7, 11) is 0. The van der Waals surface area contributed by atoms with Gasteiger partial charge in [-0.3, -0.25) is 4.79 Å². The molecule has 126 valence electrons. The molecule has 3 heterocycles. The number of amides is 1. The predicted octanol–water partition coefficient (Wildman–Crippen LogP) is 0.768. The first-order chi connectivity index (χ1) is 11.6. The van der Waals surface area contributed by atoms with Crippen LogP contribution in [0.2, 0.25) is 0 Å². The molecule has 0 saturated carbocycles. The van der Waals surface area contributed by atoms with Crippen LogP contribution in [0.3, 0.4) is 0 Å². The first-order valence-corrected chi connectivity index (χ1v) is 8.07. The highest BCUT2D eigenvalue weighted by Crippen LogP contribution is 2.33. The lowest BCUT2D eigenvalue weighted by Gasteiger charge is -2.34. The molecule has 0 bridgehead atoms. The molecule has 1 amide bonds. The maximum absolute atomic E-state index is 12.8. The van der Waals surface area contributed by atoms with Gasteiger partial charge in [0.2, 0.25) is 0 Å². The Morgan fingerprint density at radius 1 is 1.38 bits per heavy atom. The summed E-state index contributed by atoms with van der Waals surface area (Å²) in [4.78, 5) is 14.5. The van der Waals surface area contributed by atoms with Crippen molar-refractivity contribution in [1.82, 2.24) is 14.7 Å². The maximum Gasteiger partial charge on any atom is 0.278 e. The first-order valence-electron chi connectivity index (χ1n) is 8.07. The Balaban J connectivity index is 1.58. The van der Waals surface area contributed by atoms with Gasteiger partial charge in [-0.2, -0.15) is 5.10 Å². The molecule has 0 unspecified atom stereocenters. The molecule has 0 aliphatic carbocycles. The van der Waals surface area contributed by atoms with Gasteiger partial charge < -0.3 is 20.5 Å².